The molecule has 2 aromatic rings. The smallest absolute Gasteiger partial charge is 0.243 e. The highest BCUT2D eigenvalue weighted by atomic mass is 19.1. The van der Waals surface area contributed by atoms with Crippen LogP contribution in [0.1, 0.15) is 37.5 Å². The summed E-state index contributed by atoms with van der Waals surface area (Å²) >= 11 is 0. The topological polar surface area (TPSA) is 38.5 Å². The van der Waals surface area contributed by atoms with Gasteiger partial charge in [-0.05, 0) is 56.5 Å². The Labute approximate surface area is 162 Å². The highest BCUT2D eigenvalue weighted by molar-refractivity contribution is 5.68. The van der Waals surface area contributed by atoms with Gasteiger partial charge in [0, 0.05) is 6.20 Å². The van der Waals surface area contributed by atoms with Crippen molar-refractivity contribution in [1.29, 1.82) is 0 Å². The summed E-state index contributed by atoms with van der Waals surface area (Å²) in [6.07, 6.45) is 8.24. The fourth-order valence-corrected chi connectivity index (χ4v) is 3.33. The van der Waals surface area contributed by atoms with Crippen molar-refractivity contribution < 1.29 is 17.9 Å². The van der Waals surface area contributed by atoms with Gasteiger partial charge in [0.25, 0.3) is 0 Å². The second kappa shape index (κ2) is 7.11. The van der Waals surface area contributed by atoms with Gasteiger partial charge in [0.05, 0.1) is 17.5 Å². The molecule has 2 aliphatic heterocycles. The summed E-state index contributed by atoms with van der Waals surface area (Å²) in [5, 5.41) is 0. The molecule has 0 atom stereocenters. The van der Waals surface area contributed by atoms with Gasteiger partial charge in [-0.3, -0.25) is 0 Å². The Morgan fingerprint density at radius 3 is 2.61 bits per heavy atom. The van der Waals surface area contributed by atoms with Crippen LogP contribution in [-0.2, 0) is 11.3 Å². The van der Waals surface area contributed by atoms with E-state index in [0.717, 1.165) is 28.3 Å². The lowest BCUT2D eigenvalue weighted by atomic mass is 10.0. The Bertz CT molecular complexity index is 1040. The number of benzene rings is 1. The molecule has 3 heterocycles. The summed E-state index contributed by atoms with van der Waals surface area (Å²) in [6.45, 7) is 5.62. The predicted octanol–water partition coefficient (Wildman–Crippen LogP) is 5.60. The zero-order valence-corrected chi connectivity index (χ0v) is 15.9. The molecule has 144 valence electrons. The van der Waals surface area contributed by atoms with Crippen molar-refractivity contribution in [3.8, 4) is 0 Å². The van der Waals surface area contributed by atoms with Crippen LogP contribution < -0.4 is 0 Å². The van der Waals surface area contributed by atoms with Crippen LogP contribution in [0.2, 0.25) is 0 Å². The monoisotopic (exact) mass is 382 g/mol. The summed E-state index contributed by atoms with van der Waals surface area (Å²) in [5.41, 5.74) is 3.62. The highest BCUT2D eigenvalue weighted by Gasteiger charge is 2.29. The lowest BCUT2D eigenvalue weighted by Gasteiger charge is -2.33. The molecule has 1 aromatic heterocycles. The number of allylic oxidation sites excluding steroid dienone is 4. The molecule has 6 heteroatoms. The Hall–Kier alpha value is -3.15. The number of rotatable bonds is 4. The fourth-order valence-electron chi connectivity index (χ4n) is 3.33. The molecule has 0 N–H and O–H groups in total. The maximum atomic E-state index is 13.9. The van der Waals surface area contributed by atoms with Crippen LogP contribution in [0, 0.1) is 18.6 Å². The van der Waals surface area contributed by atoms with Gasteiger partial charge >= 0.3 is 0 Å². The number of nitrogens with zero attached hydrogens (tertiary/aromatic N) is 2. The van der Waals surface area contributed by atoms with Gasteiger partial charge in [0.15, 0.2) is 0 Å². The van der Waals surface area contributed by atoms with Crippen LogP contribution in [-0.4, -0.2) is 9.88 Å². The summed E-state index contributed by atoms with van der Waals surface area (Å²) in [7, 11) is 0. The predicted molar refractivity (Wildman–Crippen MR) is 101 cm³/mol. The molecule has 0 bridgehead atoms. The number of ether oxygens (including phenoxy) is 1. The van der Waals surface area contributed by atoms with E-state index in [-0.39, 0.29) is 12.2 Å². The molecule has 0 saturated carbocycles. The van der Waals surface area contributed by atoms with Crippen molar-refractivity contribution >= 4 is 5.70 Å². The first-order chi connectivity index (χ1) is 13.4. The van der Waals surface area contributed by atoms with E-state index in [1.165, 1.54) is 18.2 Å². The third kappa shape index (κ3) is 3.26. The fraction of sp³-hybridized carbons (Fsp3) is 0.227. The number of aromatic nitrogens is 1. The van der Waals surface area contributed by atoms with Gasteiger partial charge < -0.3 is 14.1 Å². The van der Waals surface area contributed by atoms with Crippen molar-refractivity contribution in [2.75, 3.05) is 0 Å². The first-order valence-corrected chi connectivity index (χ1v) is 9.02. The molecule has 0 fully saturated rings. The van der Waals surface area contributed by atoms with Crippen molar-refractivity contribution in [2.45, 2.75) is 33.8 Å². The minimum atomic E-state index is -0.621. The Morgan fingerprint density at radius 1 is 1.18 bits per heavy atom. The Balaban J connectivity index is 1.64. The molecular formula is C22H20F2N2O2. The van der Waals surface area contributed by atoms with Crippen molar-refractivity contribution in [2.24, 2.45) is 0 Å². The number of aryl methyl sites for hydroxylation is 1. The number of fused-ring (bicyclic) bond motifs is 1. The minimum Gasteiger partial charge on any atom is -0.486 e. The molecule has 2 aliphatic rings. The SMILES string of the molecule is CC1=CN2C(=CCC(C)=C2c2ncc(C)o2)C(OCc2c(F)cccc2F)=C1. The first kappa shape index (κ1) is 18.2. The zero-order valence-electron chi connectivity index (χ0n) is 15.9. The van der Waals surface area contributed by atoms with Gasteiger partial charge in [0.1, 0.15) is 35.5 Å². The van der Waals surface area contributed by atoms with Crippen molar-refractivity contribution in [3.63, 3.8) is 0 Å². The molecule has 0 spiro atoms. The molecule has 0 amide bonds. The molecule has 0 saturated heterocycles. The van der Waals surface area contributed by atoms with E-state index in [1.807, 2.05) is 44.0 Å². The van der Waals surface area contributed by atoms with E-state index in [4.69, 9.17) is 9.15 Å². The lowest BCUT2D eigenvalue weighted by Crippen LogP contribution is -2.25. The largest absolute Gasteiger partial charge is 0.486 e. The molecule has 0 aliphatic carbocycles. The average molecular weight is 382 g/mol. The summed E-state index contributed by atoms with van der Waals surface area (Å²) < 4.78 is 39.5. The van der Waals surface area contributed by atoms with Gasteiger partial charge in [-0.1, -0.05) is 12.1 Å². The second-order valence-corrected chi connectivity index (χ2v) is 6.94. The van der Waals surface area contributed by atoms with Crippen molar-refractivity contribution in [1.82, 2.24) is 9.88 Å². The van der Waals surface area contributed by atoms with Crippen LogP contribution in [0.15, 0.2) is 69.8 Å². The van der Waals surface area contributed by atoms with Crippen LogP contribution >= 0.6 is 0 Å². The lowest BCUT2D eigenvalue weighted by molar-refractivity contribution is 0.188. The summed E-state index contributed by atoms with van der Waals surface area (Å²) in [4.78, 5) is 6.33. The summed E-state index contributed by atoms with van der Waals surface area (Å²) in [5.74, 6) is 0.572. The van der Waals surface area contributed by atoms with Crippen LogP contribution in [0.5, 0.6) is 0 Å². The number of hydrogen-bond donors (Lipinski definition) is 0. The maximum Gasteiger partial charge on any atom is 0.243 e. The minimum absolute atomic E-state index is 0.0890. The van der Waals surface area contributed by atoms with Gasteiger partial charge in [-0.15, -0.1) is 0 Å². The molecular weight excluding hydrogens is 362 g/mol. The van der Waals surface area contributed by atoms with E-state index in [9.17, 15) is 8.78 Å². The van der Waals surface area contributed by atoms with Crippen LogP contribution in [0.25, 0.3) is 5.70 Å². The number of oxazole rings is 1. The number of hydrogen-bond acceptors (Lipinski definition) is 4. The van der Waals surface area contributed by atoms with Gasteiger partial charge in [-0.25, -0.2) is 13.8 Å². The molecule has 4 nitrogen and oxygen atoms in total. The summed E-state index contributed by atoms with van der Waals surface area (Å²) in [6, 6.07) is 3.79. The highest BCUT2D eigenvalue weighted by Crippen LogP contribution is 2.39. The maximum absolute atomic E-state index is 13.9. The Kier molecular flexibility index (Phi) is 4.63. The number of halogens is 2. The van der Waals surface area contributed by atoms with Crippen LogP contribution in [0.4, 0.5) is 8.78 Å². The third-order valence-corrected chi connectivity index (χ3v) is 4.71. The quantitative estimate of drug-likeness (QED) is 0.690. The second-order valence-electron chi connectivity index (χ2n) is 6.94. The average Bonchev–Trinajstić information content (AvgIpc) is 3.06. The van der Waals surface area contributed by atoms with Crippen LogP contribution in [0.3, 0.4) is 0 Å². The standard InChI is InChI=1S/C22H20F2N2O2/c1-13-9-20(27-12-16-17(23)5-4-6-18(16)24)19-8-7-14(2)21(26(19)11-13)22-25-10-15(3)28-22/h4-6,8-11H,7,12H2,1-3H3. The zero-order chi connectivity index (χ0) is 19.8. The van der Waals surface area contributed by atoms with Gasteiger partial charge in [0.2, 0.25) is 5.89 Å². The third-order valence-electron chi connectivity index (χ3n) is 4.71. The van der Waals surface area contributed by atoms with E-state index in [2.05, 4.69) is 4.98 Å². The molecule has 0 unspecified atom stereocenters. The molecule has 4 rings (SSSR count). The Morgan fingerprint density at radius 2 is 1.93 bits per heavy atom. The first-order valence-electron chi connectivity index (χ1n) is 9.02. The van der Waals surface area contributed by atoms with E-state index in [1.54, 1.807) is 6.20 Å². The van der Waals surface area contributed by atoms with Crippen molar-refractivity contribution in [3.05, 3.63) is 94.2 Å². The molecule has 28 heavy (non-hydrogen) atoms. The molecule has 0 radical (unpaired) electrons. The van der Waals surface area contributed by atoms with E-state index >= 15 is 0 Å². The molecule has 1 aromatic carbocycles. The van der Waals surface area contributed by atoms with Gasteiger partial charge in [-0.2, -0.15) is 0 Å². The van der Waals surface area contributed by atoms with E-state index in [0.29, 0.717) is 18.1 Å². The normalized spacial score (nSPS) is 16.5. The van der Waals surface area contributed by atoms with E-state index < -0.39 is 11.6 Å².